The van der Waals surface area contributed by atoms with Gasteiger partial charge in [0.25, 0.3) is 0 Å². The molecule has 1 N–H and O–H groups in total. The first-order chi connectivity index (χ1) is 8.97. The average Bonchev–Trinajstić information content (AvgIpc) is 2.77. The Balaban J connectivity index is 2.13. The van der Waals surface area contributed by atoms with Crippen molar-refractivity contribution >= 4 is 22.6 Å². The zero-order valence-corrected chi connectivity index (χ0v) is 13.0. The summed E-state index contributed by atoms with van der Waals surface area (Å²) in [6.07, 6.45) is 1.67. The van der Waals surface area contributed by atoms with Gasteiger partial charge in [-0.15, -0.1) is 0 Å². The van der Waals surface area contributed by atoms with Crippen molar-refractivity contribution in [2.75, 3.05) is 0 Å². The lowest BCUT2D eigenvalue weighted by Crippen LogP contribution is -2.06. The normalized spacial score (nSPS) is 12.9. The van der Waals surface area contributed by atoms with Crippen LogP contribution in [0.3, 0.4) is 0 Å². The molecule has 0 spiro atoms. The van der Waals surface area contributed by atoms with E-state index < -0.39 is 6.10 Å². The molecular weight excluding hydrogens is 358 g/mol. The SMILES string of the molecule is CC(C)n1ccc(CC(O)c2ccc(F)cc2I)n1. The van der Waals surface area contributed by atoms with Crippen LogP contribution in [0.15, 0.2) is 30.5 Å². The molecule has 1 atom stereocenters. The summed E-state index contributed by atoms with van der Waals surface area (Å²) in [7, 11) is 0. The van der Waals surface area contributed by atoms with Crippen molar-refractivity contribution in [3.8, 4) is 0 Å². The fourth-order valence-electron chi connectivity index (χ4n) is 1.85. The third-order valence-electron chi connectivity index (χ3n) is 2.92. The molecule has 1 heterocycles. The van der Waals surface area contributed by atoms with Crippen molar-refractivity contribution in [2.24, 2.45) is 0 Å². The van der Waals surface area contributed by atoms with Gasteiger partial charge in [0.05, 0.1) is 11.8 Å². The Morgan fingerprint density at radius 3 is 2.68 bits per heavy atom. The lowest BCUT2D eigenvalue weighted by atomic mass is 10.1. The van der Waals surface area contributed by atoms with Crippen LogP contribution in [0.1, 0.15) is 37.3 Å². The minimum atomic E-state index is -0.664. The number of hydrogen-bond donors (Lipinski definition) is 1. The molecule has 0 amide bonds. The number of rotatable bonds is 4. The fraction of sp³-hybridized carbons (Fsp3) is 0.357. The molecule has 2 aromatic rings. The van der Waals surface area contributed by atoms with Crippen molar-refractivity contribution in [3.63, 3.8) is 0 Å². The van der Waals surface area contributed by atoms with Crippen LogP contribution in [-0.4, -0.2) is 14.9 Å². The first-order valence-corrected chi connectivity index (χ1v) is 7.22. The maximum absolute atomic E-state index is 13.0. The summed E-state index contributed by atoms with van der Waals surface area (Å²) in [6, 6.07) is 6.62. The van der Waals surface area contributed by atoms with E-state index in [1.54, 1.807) is 6.07 Å². The number of halogens is 2. The van der Waals surface area contributed by atoms with Gasteiger partial charge < -0.3 is 5.11 Å². The predicted octanol–water partition coefficient (Wildman–Crippen LogP) is 3.48. The molecule has 1 aromatic heterocycles. The molecule has 0 radical (unpaired) electrons. The highest BCUT2D eigenvalue weighted by molar-refractivity contribution is 14.1. The highest BCUT2D eigenvalue weighted by Crippen LogP contribution is 2.23. The standard InChI is InChI=1S/C14H16FIN2O/c1-9(2)18-6-5-11(17-18)8-14(19)12-4-3-10(15)7-13(12)16/h3-7,9,14,19H,8H2,1-2H3. The van der Waals surface area contributed by atoms with Crippen molar-refractivity contribution in [2.45, 2.75) is 32.4 Å². The second-order valence-corrected chi connectivity index (χ2v) is 5.93. The molecule has 5 heteroatoms. The van der Waals surface area contributed by atoms with Crippen LogP contribution < -0.4 is 0 Å². The molecule has 0 saturated carbocycles. The molecule has 0 aliphatic rings. The molecule has 1 unspecified atom stereocenters. The van der Waals surface area contributed by atoms with Crippen LogP contribution in [0.5, 0.6) is 0 Å². The predicted molar refractivity (Wildman–Crippen MR) is 80.4 cm³/mol. The minimum absolute atomic E-state index is 0.288. The van der Waals surface area contributed by atoms with Gasteiger partial charge in [-0.2, -0.15) is 5.10 Å². The van der Waals surface area contributed by atoms with Gasteiger partial charge in [-0.25, -0.2) is 4.39 Å². The molecule has 0 bridgehead atoms. The van der Waals surface area contributed by atoms with E-state index >= 15 is 0 Å². The van der Waals surface area contributed by atoms with E-state index in [0.717, 1.165) is 14.8 Å². The quantitative estimate of drug-likeness (QED) is 0.833. The van der Waals surface area contributed by atoms with E-state index in [1.807, 2.05) is 39.5 Å². The monoisotopic (exact) mass is 374 g/mol. The number of aromatic nitrogens is 2. The van der Waals surface area contributed by atoms with Gasteiger partial charge in [0.1, 0.15) is 5.82 Å². The Morgan fingerprint density at radius 1 is 1.37 bits per heavy atom. The number of hydrogen-bond acceptors (Lipinski definition) is 2. The molecule has 0 saturated heterocycles. The van der Waals surface area contributed by atoms with Gasteiger partial charge in [-0.1, -0.05) is 6.07 Å². The number of aliphatic hydroxyl groups is 1. The van der Waals surface area contributed by atoms with Crippen molar-refractivity contribution in [3.05, 3.63) is 51.1 Å². The van der Waals surface area contributed by atoms with E-state index in [-0.39, 0.29) is 5.82 Å². The molecular formula is C14H16FIN2O. The van der Waals surface area contributed by atoms with Crippen LogP contribution in [0.25, 0.3) is 0 Å². The lowest BCUT2D eigenvalue weighted by molar-refractivity contribution is 0.176. The number of benzene rings is 1. The second kappa shape index (κ2) is 6.00. The summed E-state index contributed by atoms with van der Waals surface area (Å²) in [6.45, 7) is 4.10. The summed E-state index contributed by atoms with van der Waals surface area (Å²) in [5.74, 6) is -0.288. The topological polar surface area (TPSA) is 38.0 Å². The third-order valence-corrected chi connectivity index (χ3v) is 3.85. The van der Waals surface area contributed by atoms with Gasteiger partial charge in [0, 0.05) is 22.2 Å². The first-order valence-electron chi connectivity index (χ1n) is 6.14. The highest BCUT2D eigenvalue weighted by atomic mass is 127. The Kier molecular flexibility index (Phi) is 4.57. The van der Waals surface area contributed by atoms with E-state index in [2.05, 4.69) is 18.9 Å². The largest absolute Gasteiger partial charge is 0.388 e. The summed E-state index contributed by atoms with van der Waals surface area (Å²) >= 11 is 2.03. The van der Waals surface area contributed by atoms with Crippen LogP contribution >= 0.6 is 22.6 Å². The Labute approximate surface area is 125 Å². The maximum atomic E-state index is 13.0. The van der Waals surface area contributed by atoms with Crippen LogP contribution in [-0.2, 0) is 6.42 Å². The zero-order chi connectivity index (χ0) is 14.0. The van der Waals surface area contributed by atoms with E-state index in [0.29, 0.717) is 12.5 Å². The van der Waals surface area contributed by atoms with E-state index in [9.17, 15) is 9.50 Å². The number of nitrogens with zero attached hydrogens (tertiary/aromatic N) is 2. The minimum Gasteiger partial charge on any atom is -0.388 e. The zero-order valence-electron chi connectivity index (χ0n) is 10.8. The van der Waals surface area contributed by atoms with Gasteiger partial charge in [-0.05, 0) is 60.2 Å². The van der Waals surface area contributed by atoms with Gasteiger partial charge in [0.2, 0.25) is 0 Å². The van der Waals surface area contributed by atoms with Crippen LogP contribution in [0, 0.1) is 9.39 Å². The van der Waals surface area contributed by atoms with Gasteiger partial charge in [0.15, 0.2) is 0 Å². The van der Waals surface area contributed by atoms with Crippen LogP contribution in [0.4, 0.5) is 4.39 Å². The van der Waals surface area contributed by atoms with E-state index in [1.165, 1.54) is 12.1 Å². The summed E-state index contributed by atoms with van der Waals surface area (Å²) in [4.78, 5) is 0. The average molecular weight is 374 g/mol. The molecule has 0 aliphatic carbocycles. The second-order valence-electron chi connectivity index (χ2n) is 4.77. The van der Waals surface area contributed by atoms with Crippen molar-refractivity contribution in [1.29, 1.82) is 0 Å². The van der Waals surface area contributed by atoms with Gasteiger partial charge >= 0.3 is 0 Å². The molecule has 0 fully saturated rings. The molecule has 102 valence electrons. The first kappa shape index (κ1) is 14.5. The molecule has 2 rings (SSSR count). The molecule has 0 aliphatic heterocycles. The Bertz CT molecular complexity index is 568. The van der Waals surface area contributed by atoms with Gasteiger partial charge in [-0.3, -0.25) is 4.68 Å². The summed E-state index contributed by atoms with van der Waals surface area (Å²) in [5.41, 5.74) is 1.57. The molecule has 1 aromatic carbocycles. The molecule has 3 nitrogen and oxygen atoms in total. The summed E-state index contributed by atoms with van der Waals surface area (Å²) in [5, 5.41) is 14.6. The Hall–Kier alpha value is -0.950. The summed E-state index contributed by atoms with van der Waals surface area (Å²) < 4.78 is 15.6. The number of aliphatic hydroxyl groups excluding tert-OH is 1. The third kappa shape index (κ3) is 3.54. The van der Waals surface area contributed by atoms with E-state index in [4.69, 9.17) is 0 Å². The van der Waals surface area contributed by atoms with Crippen LogP contribution in [0.2, 0.25) is 0 Å². The van der Waals surface area contributed by atoms with Crippen molar-refractivity contribution in [1.82, 2.24) is 9.78 Å². The molecule has 19 heavy (non-hydrogen) atoms. The Morgan fingerprint density at radius 2 is 2.11 bits per heavy atom. The smallest absolute Gasteiger partial charge is 0.124 e. The van der Waals surface area contributed by atoms with Crippen molar-refractivity contribution < 1.29 is 9.50 Å². The highest BCUT2D eigenvalue weighted by Gasteiger charge is 2.14. The fourth-order valence-corrected chi connectivity index (χ4v) is 2.69. The maximum Gasteiger partial charge on any atom is 0.124 e. The lowest BCUT2D eigenvalue weighted by Gasteiger charge is -2.12.